The molecule has 0 aliphatic carbocycles. The maximum Gasteiger partial charge on any atom is 0.213 e. The summed E-state index contributed by atoms with van der Waals surface area (Å²) in [5, 5.41) is 9.23. The van der Waals surface area contributed by atoms with Crippen molar-refractivity contribution in [3.63, 3.8) is 0 Å². The summed E-state index contributed by atoms with van der Waals surface area (Å²) in [6.45, 7) is 1.99. The van der Waals surface area contributed by atoms with E-state index in [1.807, 2.05) is 31.2 Å². The van der Waals surface area contributed by atoms with Gasteiger partial charge in [-0.05, 0) is 36.8 Å². The number of pyridine rings is 1. The summed E-state index contributed by atoms with van der Waals surface area (Å²) < 4.78 is 5.09. The first-order valence-corrected chi connectivity index (χ1v) is 5.02. The number of hydrogen-bond acceptors (Lipinski definition) is 3. The second kappa shape index (κ2) is 4.23. The first-order valence-electron chi connectivity index (χ1n) is 5.02. The minimum Gasteiger partial charge on any atom is -0.508 e. The van der Waals surface area contributed by atoms with Gasteiger partial charge in [0.15, 0.2) is 0 Å². The lowest BCUT2D eigenvalue weighted by Crippen LogP contribution is -1.92. The Kier molecular flexibility index (Phi) is 2.77. The zero-order valence-electron chi connectivity index (χ0n) is 9.27. The monoisotopic (exact) mass is 215 g/mol. The van der Waals surface area contributed by atoms with Crippen LogP contribution in [0.2, 0.25) is 0 Å². The van der Waals surface area contributed by atoms with Crippen molar-refractivity contribution >= 4 is 0 Å². The Balaban J connectivity index is 2.50. The quantitative estimate of drug-likeness (QED) is 0.837. The Labute approximate surface area is 94.3 Å². The van der Waals surface area contributed by atoms with Crippen molar-refractivity contribution in [2.24, 2.45) is 0 Å². The number of rotatable bonds is 2. The lowest BCUT2D eigenvalue weighted by atomic mass is 10.1. The minimum atomic E-state index is 0.254. The molecular weight excluding hydrogens is 202 g/mol. The molecule has 0 fully saturated rings. The topological polar surface area (TPSA) is 42.4 Å². The molecule has 1 N–H and O–H groups in total. The predicted molar refractivity (Wildman–Crippen MR) is 62.6 cm³/mol. The van der Waals surface area contributed by atoms with Crippen LogP contribution in [-0.4, -0.2) is 17.2 Å². The van der Waals surface area contributed by atoms with Crippen LogP contribution in [0.4, 0.5) is 0 Å². The molecule has 0 radical (unpaired) electrons. The van der Waals surface area contributed by atoms with Gasteiger partial charge in [0.1, 0.15) is 5.75 Å². The van der Waals surface area contributed by atoms with E-state index in [9.17, 15) is 5.11 Å². The lowest BCUT2D eigenvalue weighted by Gasteiger charge is -2.07. The molecule has 1 aromatic carbocycles. The summed E-state index contributed by atoms with van der Waals surface area (Å²) in [4.78, 5) is 4.39. The van der Waals surface area contributed by atoms with E-state index in [0.29, 0.717) is 5.88 Å². The Hall–Kier alpha value is -2.03. The third-order valence-corrected chi connectivity index (χ3v) is 2.42. The first-order chi connectivity index (χ1) is 7.70. The van der Waals surface area contributed by atoms with Crippen LogP contribution in [0.3, 0.4) is 0 Å². The zero-order chi connectivity index (χ0) is 11.5. The van der Waals surface area contributed by atoms with Gasteiger partial charge in [0, 0.05) is 11.6 Å². The lowest BCUT2D eigenvalue weighted by molar-refractivity contribution is 0.398. The van der Waals surface area contributed by atoms with Crippen LogP contribution in [0.15, 0.2) is 36.4 Å². The molecule has 0 saturated heterocycles. The average Bonchev–Trinajstić information content (AvgIpc) is 2.31. The third kappa shape index (κ3) is 1.98. The van der Waals surface area contributed by atoms with E-state index in [1.165, 1.54) is 0 Å². The summed E-state index contributed by atoms with van der Waals surface area (Å²) in [6, 6.07) is 10.8. The van der Waals surface area contributed by atoms with E-state index < -0.39 is 0 Å². The molecule has 3 heteroatoms. The highest BCUT2D eigenvalue weighted by molar-refractivity contribution is 5.64. The van der Waals surface area contributed by atoms with Crippen molar-refractivity contribution in [2.45, 2.75) is 6.92 Å². The van der Waals surface area contributed by atoms with E-state index in [1.54, 1.807) is 19.2 Å². The molecule has 0 amide bonds. The predicted octanol–water partition coefficient (Wildman–Crippen LogP) is 2.77. The molecule has 0 saturated carbocycles. The fourth-order valence-electron chi connectivity index (χ4n) is 1.54. The molecule has 3 nitrogen and oxygen atoms in total. The van der Waals surface area contributed by atoms with Gasteiger partial charge < -0.3 is 9.84 Å². The molecule has 0 aliphatic heterocycles. The molecule has 16 heavy (non-hydrogen) atoms. The summed E-state index contributed by atoms with van der Waals surface area (Å²) in [7, 11) is 1.60. The normalized spacial score (nSPS) is 10.1. The van der Waals surface area contributed by atoms with Crippen LogP contribution >= 0.6 is 0 Å². The van der Waals surface area contributed by atoms with Crippen LogP contribution in [0.25, 0.3) is 11.3 Å². The Bertz CT molecular complexity index is 492. The number of phenolic OH excluding ortho intramolecular Hbond substituents is 1. The number of aryl methyl sites for hydroxylation is 1. The highest BCUT2D eigenvalue weighted by Crippen LogP contribution is 2.25. The van der Waals surface area contributed by atoms with E-state index >= 15 is 0 Å². The van der Waals surface area contributed by atoms with Crippen LogP contribution < -0.4 is 4.74 Å². The number of aromatic hydroxyl groups is 1. The number of aromatic nitrogens is 1. The Morgan fingerprint density at radius 2 is 1.75 bits per heavy atom. The Morgan fingerprint density at radius 3 is 2.38 bits per heavy atom. The van der Waals surface area contributed by atoms with Crippen molar-refractivity contribution in [3.8, 4) is 22.9 Å². The number of benzene rings is 1. The van der Waals surface area contributed by atoms with Gasteiger partial charge in [-0.3, -0.25) is 0 Å². The van der Waals surface area contributed by atoms with Gasteiger partial charge in [0.25, 0.3) is 0 Å². The van der Waals surface area contributed by atoms with Gasteiger partial charge in [0.2, 0.25) is 5.88 Å². The van der Waals surface area contributed by atoms with Gasteiger partial charge in [-0.1, -0.05) is 6.07 Å². The van der Waals surface area contributed by atoms with Gasteiger partial charge >= 0.3 is 0 Å². The number of phenols is 1. The van der Waals surface area contributed by atoms with E-state index in [0.717, 1.165) is 16.8 Å². The molecule has 1 heterocycles. The maximum atomic E-state index is 9.23. The van der Waals surface area contributed by atoms with Crippen molar-refractivity contribution in [2.75, 3.05) is 7.11 Å². The number of hydrogen-bond donors (Lipinski definition) is 1. The molecule has 0 atom stereocenters. The van der Waals surface area contributed by atoms with Crippen LogP contribution in [0.1, 0.15) is 5.56 Å². The molecule has 1 aromatic heterocycles. The number of methoxy groups -OCH3 is 1. The standard InChI is InChI=1S/C13H13NO2/c1-9-3-8-12(16-2)14-13(9)10-4-6-11(15)7-5-10/h3-8,15H,1-2H3. The minimum absolute atomic E-state index is 0.254. The first kappa shape index (κ1) is 10.5. The van der Waals surface area contributed by atoms with Crippen LogP contribution in [0.5, 0.6) is 11.6 Å². The molecule has 2 rings (SSSR count). The molecule has 0 unspecified atom stereocenters. The zero-order valence-corrected chi connectivity index (χ0v) is 9.27. The van der Waals surface area contributed by atoms with Crippen molar-refractivity contribution < 1.29 is 9.84 Å². The van der Waals surface area contributed by atoms with Crippen LogP contribution in [-0.2, 0) is 0 Å². The SMILES string of the molecule is COc1ccc(C)c(-c2ccc(O)cc2)n1. The number of ether oxygens (including phenoxy) is 1. The fourth-order valence-corrected chi connectivity index (χ4v) is 1.54. The molecule has 0 aliphatic rings. The smallest absolute Gasteiger partial charge is 0.213 e. The van der Waals surface area contributed by atoms with Gasteiger partial charge in [0.05, 0.1) is 12.8 Å². The Morgan fingerprint density at radius 1 is 1.06 bits per heavy atom. The summed E-state index contributed by atoms with van der Waals surface area (Å²) in [5.74, 6) is 0.845. The highest BCUT2D eigenvalue weighted by Gasteiger charge is 2.05. The third-order valence-electron chi connectivity index (χ3n) is 2.42. The van der Waals surface area contributed by atoms with Crippen molar-refractivity contribution in [1.29, 1.82) is 0 Å². The van der Waals surface area contributed by atoms with E-state index in [2.05, 4.69) is 4.98 Å². The van der Waals surface area contributed by atoms with E-state index in [4.69, 9.17) is 4.74 Å². The van der Waals surface area contributed by atoms with Gasteiger partial charge in [-0.2, -0.15) is 0 Å². The average molecular weight is 215 g/mol. The van der Waals surface area contributed by atoms with Gasteiger partial charge in [-0.25, -0.2) is 4.98 Å². The molecular formula is C13H13NO2. The fraction of sp³-hybridized carbons (Fsp3) is 0.154. The van der Waals surface area contributed by atoms with Crippen LogP contribution in [0, 0.1) is 6.92 Å². The molecule has 0 spiro atoms. The van der Waals surface area contributed by atoms with E-state index in [-0.39, 0.29) is 5.75 Å². The number of nitrogens with zero attached hydrogens (tertiary/aromatic N) is 1. The van der Waals surface area contributed by atoms with Crippen molar-refractivity contribution in [1.82, 2.24) is 4.98 Å². The largest absolute Gasteiger partial charge is 0.508 e. The summed E-state index contributed by atoms with van der Waals surface area (Å²) in [6.07, 6.45) is 0. The second-order valence-electron chi connectivity index (χ2n) is 3.57. The highest BCUT2D eigenvalue weighted by atomic mass is 16.5. The summed E-state index contributed by atoms with van der Waals surface area (Å²) >= 11 is 0. The van der Waals surface area contributed by atoms with Gasteiger partial charge in [-0.15, -0.1) is 0 Å². The maximum absolute atomic E-state index is 9.23. The second-order valence-corrected chi connectivity index (χ2v) is 3.57. The molecule has 0 bridgehead atoms. The molecule has 82 valence electrons. The summed E-state index contributed by atoms with van der Waals surface area (Å²) in [5.41, 5.74) is 2.92. The van der Waals surface area contributed by atoms with Crippen molar-refractivity contribution in [3.05, 3.63) is 42.0 Å². The molecule has 2 aromatic rings.